The smallest absolute Gasteiger partial charge is 0.224 e. The molecule has 0 amide bonds. The van der Waals surface area contributed by atoms with E-state index in [-0.39, 0.29) is 5.41 Å². The molecule has 0 saturated heterocycles. The normalized spacial score (nSPS) is 11.4. The Labute approximate surface area is 108 Å². The Bertz CT molecular complexity index is 366. The molecule has 0 spiro atoms. The molecule has 0 aliphatic heterocycles. The predicted molar refractivity (Wildman–Crippen MR) is 73.8 cm³/mol. The van der Waals surface area contributed by atoms with E-state index in [4.69, 9.17) is 11.6 Å². The van der Waals surface area contributed by atoms with Crippen molar-refractivity contribution in [2.45, 2.75) is 34.1 Å². The lowest BCUT2D eigenvalue weighted by molar-refractivity contribution is 0.376. The van der Waals surface area contributed by atoms with Gasteiger partial charge in [-0.3, -0.25) is 0 Å². The number of anilines is 2. The maximum atomic E-state index is 6.05. The number of hydrogen-bond donors (Lipinski definition) is 2. The van der Waals surface area contributed by atoms with Crippen molar-refractivity contribution in [1.29, 1.82) is 0 Å². The zero-order valence-electron chi connectivity index (χ0n) is 11.0. The first-order chi connectivity index (χ1) is 7.98. The summed E-state index contributed by atoms with van der Waals surface area (Å²) in [5.74, 6) is 1.30. The highest BCUT2D eigenvalue weighted by atomic mass is 35.5. The van der Waals surface area contributed by atoms with E-state index < -0.39 is 0 Å². The van der Waals surface area contributed by atoms with Crippen molar-refractivity contribution in [2.24, 2.45) is 5.41 Å². The minimum atomic E-state index is 0.229. The molecule has 1 rings (SSSR count). The molecule has 5 heteroatoms. The van der Waals surface area contributed by atoms with Crippen molar-refractivity contribution < 1.29 is 0 Å². The molecule has 0 aliphatic carbocycles. The van der Waals surface area contributed by atoms with Crippen molar-refractivity contribution in [3.05, 3.63) is 11.2 Å². The first kappa shape index (κ1) is 14.0. The Balaban J connectivity index is 2.72. The van der Waals surface area contributed by atoms with E-state index >= 15 is 0 Å². The van der Waals surface area contributed by atoms with Gasteiger partial charge in [0.25, 0.3) is 0 Å². The minimum absolute atomic E-state index is 0.229. The van der Waals surface area contributed by atoms with Gasteiger partial charge in [-0.25, -0.2) is 4.98 Å². The standard InChI is InChI=1S/C12H21ClN4/c1-5-12(3,4)8-16-10-9(13)7-15-11(17-10)14-6-2/h7H,5-6,8H2,1-4H3,(H2,14,15,16,17). The van der Waals surface area contributed by atoms with Crippen molar-refractivity contribution in [2.75, 3.05) is 23.7 Å². The van der Waals surface area contributed by atoms with E-state index in [2.05, 4.69) is 41.4 Å². The molecule has 0 unspecified atom stereocenters. The Morgan fingerprint density at radius 3 is 2.59 bits per heavy atom. The van der Waals surface area contributed by atoms with Gasteiger partial charge in [0.05, 0.1) is 6.20 Å². The number of hydrogen-bond acceptors (Lipinski definition) is 4. The van der Waals surface area contributed by atoms with Gasteiger partial charge in [-0.05, 0) is 18.8 Å². The third-order valence-corrected chi connectivity index (χ3v) is 3.05. The Morgan fingerprint density at radius 1 is 1.29 bits per heavy atom. The highest BCUT2D eigenvalue weighted by Crippen LogP contribution is 2.24. The SMILES string of the molecule is CCNc1ncc(Cl)c(NCC(C)(C)CC)n1. The van der Waals surface area contributed by atoms with Crippen LogP contribution in [0, 0.1) is 5.41 Å². The topological polar surface area (TPSA) is 49.8 Å². The van der Waals surface area contributed by atoms with Crippen LogP contribution in [0.2, 0.25) is 5.02 Å². The fourth-order valence-electron chi connectivity index (χ4n) is 1.18. The summed E-state index contributed by atoms with van der Waals surface area (Å²) in [7, 11) is 0. The summed E-state index contributed by atoms with van der Waals surface area (Å²) in [5, 5.41) is 6.90. The number of halogens is 1. The van der Waals surface area contributed by atoms with E-state index in [1.54, 1.807) is 6.20 Å². The molecule has 1 aromatic heterocycles. The maximum absolute atomic E-state index is 6.05. The van der Waals surface area contributed by atoms with E-state index in [9.17, 15) is 0 Å². The van der Waals surface area contributed by atoms with E-state index in [1.807, 2.05) is 6.92 Å². The van der Waals surface area contributed by atoms with Gasteiger partial charge in [0.2, 0.25) is 5.95 Å². The highest BCUT2D eigenvalue weighted by Gasteiger charge is 2.15. The summed E-state index contributed by atoms with van der Waals surface area (Å²) in [6, 6.07) is 0. The first-order valence-electron chi connectivity index (χ1n) is 5.99. The predicted octanol–water partition coefficient (Wildman–Crippen LogP) is 3.41. The fourth-order valence-corrected chi connectivity index (χ4v) is 1.34. The largest absolute Gasteiger partial charge is 0.368 e. The first-order valence-corrected chi connectivity index (χ1v) is 6.36. The zero-order chi connectivity index (χ0) is 12.9. The van der Waals surface area contributed by atoms with Gasteiger partial charge >= 0.3 is 0 Å². The van der Waals surface area contributed by atoms with Crippen LogP contribution in [0.15, 0.2) is 6.20 Å². The van der Waals surface area contributed by atoms with Crippen LogP contribution in [0.25, 0.3) is 0 Å². The van der Waals surface area contributed by atoms with Gasteiger partial charge in [-0.15, -0.1) is 0 Å². The summed E-state index contributed by atoms with van der Waals surface area (Å²) in [6.45, 7) is 10.2. The third kappa shape index (κ3) is 4.38. The number of nitrogens with one attached hydrogen (secondary N) is 2. The van der Waals surface area contributed by atoms with E-state index in [1.165, 1.54) is 0 Å². The third-order valence-electron chi connectivity index (χ3n) is 2.77. The van der Waals surface area contributed by atoms with Gasteiger partial charge in [-0.1, -0.05) is 32.4 Å². The average molecular weight is 257 g/mol. The summed E-state index contributed by atoms with van der Waals surface area (Å²) in [4.78, 5) is 8.43. The number of aromatic nitrogens is 2. The van der Waals surface area contributed by atoms with Crippen LogP contribution in [0.1, 0.15) is 34.1 Å². The Hall–Kier alpha value is -1.03. The van der Waals surface area contributed by atoms with Gasteiger partial charge in [0.1, 0.15) is 5.02 Å². The molecule has 0 saturated carbocycles. The summed E-state index contributed by atoms with van der Waals surface area (Å²) in [6.07, 6.45) is 2.72. The molecule has 1 heterocycles. The molecule has 4 nitrogen and oxygen atoms in total. The zero-order valence-corrected chi connectivity index (χ0v) is 11.7. The molecule has 0 aliphatic rings. The van der Waals surface area contributed by atoms with Gasteiger partial charge in [0, 0.05) is 13.1 Å². The summed E-state index contributed by atoms with van der Waals surface area (Å²) in [5.41, 5.74) is 0.229. The molecule has 0 atom stereocenters. The van der Waals surface area contributed by atoms with Crippen LogP contribution in [-0.4, -0.2) is 23.1 Å². The molecule has 0 bridgehead atoms. The van der Waals surface area contributed by atoms with Gasteiger partial charge in [0.15, 0.2) is 5.82 Å². The van der Waals surface area contributed by atoms with E-state index in [0.29, 0.717) is 16.8 Å². The Kier molecular flexibility index (Phi) is 5.00. The summed E-state index contributed by atoms with van der Waals surface area (Å²) >= 11 is 6.05. The van der Waals surface area contributed by atoms with Crippen LogP contribution in [0.3, 0.4) is 0 Å². The molecular weight excluding hydrogens is 236 g/mol. The lowest BCUT2D eigenvalue weighted by Crippen LogP contribution is -2.22. The maximum Gasteiger partial charge on any atom is 0.224 e. The van der Waals surface area contributed by atoms with Crippen LogP contribution < -0.4 is 10.6 Å². The van der Waals surface area contributed by atoms with Crippen LogP contribution in [0.5, 0.6) is 0 Å². The average Bonchev–Trinajstić information content (AvgIpc) is 2.30. The van der Waals surface area contributed by atoms with E-state index in [0.717, 1.165) is 19.5 Å². The second-order valence-electron chi connectivity index (χ2n) is 4.79. The summed E-state index contributed by atoms with van der Waals surface area (Å²) < 4.78 is 0. The number of nitrogens with zero attached hydrogens (tertiary/aromatic N) is 2. The van der Waals surface area contributed by atoms with Crippen molar-refractivity contribution in [3.8, 4) is 0 Å². The van der Waals surface area contributed by atoms with Crippen LogP contribution in [0.4, 0.5) is 11.8 Å². The van der Waals surface area contributed by atoms with Crippen molar-refractivity contribution in [1.82, 2.24) is 9.97 Å². The molecule has 0 aromatic carbocycles. The van der Waals surface area contributed by atoms with Crippen LogP contribution >= 0.6 is 11.6 Å². The van der Waals surface area contributed by atoms with Crippen LogP contribution in [-0.2, 0) is 0 Å². The molecule has 0 fully saturated rings. The lowest BCUT2D eigenvalue weighted by Gasteiger charge is -2.23. The molecule has 17 heavy (non-hydrogen) atoms. The lowest BCUT2D eigenvalue weighted by atomic mass is 9.90. The second kappa shape index (κ2) is 6.05. The molecule has 0 radical (unpaired) electrons. The quantitative estimate of drug-likeness (QED) is 0.819. The van der Waals surface area contributed by atoms with Crippen molar-refractivity contribution in [3.63, 3.8) is 0 Å². The minimum Gasteiger partial charge on any atom is -0.368 e. The van der Waals surface area contributed by atoms with Gasteiger partial charge in [-0.2, -0.15) is 4.98 Å². The highest BCUT2D eigenvalue weighted by molar-refractivity contribution is 6.32. The molecule has 96 valence electrons. The second-order valence-corrected chi connectivity index (χ2v) is 5.20. The number of rotatable bonds is 6. The molecule has 1 aromatic rings. The van der Waals surface area contributed by atoms with Crippen molar-refractivity contribution >= 4 is 23.4 Å². The fraction of sp³-hybridized carbons (Fsp3) is 0.667. The Morgan fingerprint density at radius 2 is 2.00 bits per heavy atom. The van der Waals surface area contributed by atoms with Gasteiger partial charge < -0.3 is 10.6 Å². The molecule has 2 N–H and O–H groups in total. The molecular formula is C12H21ClN4. The monoisotopic (exact) mass is 256 g/mol.